The maximum Gasteiger partial charge on any atom is 0.264 e. The smallest absolute Gasteiger partial charge is 0.264 e. The van der Waals surface area contributed by atoms with Gasteiger partial charge in [-0.1, -0.05) is 48.5 Å². The summed E-state index contributed by atoms with van der Waals surface area (Å²) < 4.78 is 31.6. The lowest BCUT2D eigenvalue weighted by Crippen LogP contribution is -2.15. The third-order valence-corrected chi connectivity index (χ3v) is 14.9. The lowest BCUT2D eigenvalue weighted by atomic mass is 9.84. The predicted octanol–water partition coefficient (Wildman–Crippen LogP) is 11.1. The average Bonchev–Trinajstić information content (AvgIpc) is 2.75. The molecule has 0 saturated carbocycles. The molecule has 0 aliphatic rings. The van der Waals surface area contributed by atoms with Crippen molar-refractivity contribution in [1.82, 2.24) is 18.8 Å². The van der Waals surface area contributed by atoms with Crippen LogP contribution in [-0.2, 0) is 0 Å². The fourth-order valence-corrected chi connectivity index (χ4v) is 11.3. The van der Waals surface area contributed by atoms with Crippen LogP contribution in [-0.4, -0.2) is 18.8 Å². The molecule has 0 saturated heterocycles. The van der Waals surface area contributed by atoms with Gasteiger partial charge in [-0.25, -0.2) is 9.97 Å². The van der Waals surface area contributed by atoms with Crippen molar-refractivity contribution in [2.45, 2.75) is 0 Å². The number of pyridine rings is 2. The highest BCUT2D eigenvalue weighted by Crippen LogP contribution is 2.58. The van der Waals surface area contributed by atoms with Crippen LogP contribution in [0.25, 0.3) is 98.0 Å². The Morgan fingerprint density at radius 2 is 0.603 bits per heavy atom. The minimum absolute atomic E-state index is 0.137. The SMILES string of the molecule is Nc1cccc(Oc2cc3c(=O)n4c5ccccc5nc4c4cc(Oc5cccc(N)c5N)c5c6c(Oc7cccc(N)c7N)cc7c8c(cc(Oc9cccc(N)c9N)c(c2c5c34)c68)c(=O)n2c3ccccc3nc72)c1N. The van der Waals surface area contributed by atoms with Crippen molar-refractivity contribution in [3.8, 4) is 46.0 Å². The zero-order chi connectivity index (χ0) is 53.2. The molecule has 78 heavy (non-hydrogen) atoms. The van der Waals surface area contributed by atoms with Crippen molar-refractivity contribution in [3.05, 3.63) is 166 Å². The number of ether oxygens (including phenoxy) is 4. The zero-order valence-electron chi connectivity index (χ0n) is 40.7. The normalized spacial score (nSPS) is 12.1. The lowest BCUT2D eigenvalue weighted by Gasteiger charge is -2.26. The second-order valence-electron chi connectivity index (χ2n) is 19.3. The van der Waals surface area contributed by atoms with E-state index in [0.29, 0.717) is 87.2 Å². The van der Waals surface area contributed by atoms with Gasteiger partial charge in [-0.15, -0.1) is 0 Å². The molecule has 0 spiro atoms. The quantitative estimate of drug-likeness (QED) is 0.0398. The molecule has 15 rings (SSSR count). The molecule has 0 unspecified atom stereocenters. The molecule has 16 N–H and O–H groups in total. The summed E-state index contributed by atoms with van der Waals surface area (Å²) in [6, 6.07) is 42.0. The number of fused-ring (bicyclic) bond motifs is 10. The molecule has 0 amide bonds. The minimum Gasteiger partial charge on any atom is -0.454 e. The van der Waals surface area contributed by atoms with Crippen molar-refractivity contribution in [1.29, 1.82) is 0 Å². The number of hydrogen-bond acceptors (Lipinski definition) is 16. The van der Waals surface area contributed by atoms with E-state index in [2.05, 4.69) is 0 Å². The molecule has 0 fully saturated rings. The molecule has 11 aromatic carbocycles. The Hall–Kier alpha value is -11.4. The van der Waals surface area contributed by atoms with E-state index in [1.54, 1.807) is 93.7 Å². The van der Waals surface area contributed by atoms with E-state index in [9.17, 15) is 0 Å². The summed E-state index contributed by atoms with van der Waals surface area (Å²) in [5, 5.41) is 4.78. The van der Waals surface area contributed by atoms with Gasteiger partial charge in [-0.3, -0.25) is 18.4 Å². The summed E-state index contributed by atoms with van der Waals surface area (Å²) >= 11 is 0. The van der Waals surface area contributed by atoms with Crippen LogP contribution < -0.4 is 75.9 Å². The Kier molecular flexibility index (Phi) is 8.81. The number of nitrogens with zero attached hydrogens (tertiary/aromatic N) is 4. The van der Waals surface area contributed by atoms with E-state index in [4.69, 9.17) is 74.8 Å². The van der Waals surface area contributed by atoms with Gasteiger partial charge in [0.15, 0.2) is 23.0 Å². The molecule has 4 heterocycles. The van der Waals surface area contributed by atoms with Crippen molar-refractivity contribution < 1.29 is 18.9 Å². The molecule has 4 aromatic heterocycles. The van der Waals surface area contributed by atoms with Gasteiger partial charge in [0.05, 0.1) is 78.3 Å². The fraction of sp³-hybridized carbons (Fsp3) is 0. The summed E-state index contributed by atoms with van der Waals surface area (Å²) in [5.41, 5.74) is 56.7. The van der Waals surface area contributed by atoms with Crippen LogP contribution in [0.3, 0.4) is 0 Å². The Balaban J connectivity index is 1.27. The maximum atomic E-state index is 15.6. The Bertz CT molecular complexity index is 4930. The van der Waals surface area contributed by atoms with Gasteiger partial charge < -0.3 is 64.8 Å². The first kappa shape index (κ1) is 44.1. The number of nitrogen functional groups attached to an aromatic ring is 8. The summed E-state index contributed by atoms with van der Waals surface area (Å²) in [6.45, 7) is 0. The molecule has 376 valence electrons. The molecule has 0 atom stereocenters. The Morgan fingerprint density at radius 1 is 0.308 bits per heavy atom. The van der Waals surface area contributed by atoms with Crippen molar-refractivity contribution in [3.63, 3.8) is 0 Å². The van der Waals surface area contributed by atoms with Gasteiger partial charge in [0.1, 0.15) is 34.3 Å². The van der Waals surface area contributed by atoms with E-state index in [1.165, 1.54) is 0 Å². The van der Waals surface area contributed by atoms with Gasteiger partial charge in [0.25, 0.3) is 11.1 Å². The highest BCUT2D eigenvalue weighted by molar-refractivity contribution is 6.45. The van der Waals surface area contributed by atoms with Crippen LogP contribution >= 0.6 is 0 Å². The maximum absolute atomic E-state index is 15.6. The van der Waals surface area contributed by atoms with Crippen molar-refractivity contribution in [2.75, 3.05) is 45.9 Å². The number of aromatic nitrogens is 4. The molecule has 0 aliphatic heterocycles. The summed E-state index contributed by atoms with van der Waals surface area (Å²) in [7, 11) is 0. The van der Waals surface area contributed by atoms with Gasteiger partial charge in [-0.05, 0) is 97.1 Å². The topological polar surface area (TPSA) is 314 Å². The molecule has 15 aromatic rings. The van der Waals surface area contributed by atoms with Gasteiger partial charge in [0.2, 0.25) is 0 Å². The Labute approximate surface area is 437 Å². The van der Waals surface area contributed by atoms with Gasteiger partial charge in [-0.2, -0.15) is 0 Å². The van der Waals surface area contributed by atoms with Crippen LogP contribution in [0.1, 0.15) is 0 Å². The lowest BCUT2D eigenvalue weighted by molar-refractivity contribution is 0.486. The number of imidazole rings is 2. The summed E-state index contributed by atoms with van der Waals surface area (Å²) in [6.07, 6.45) is 0. The second kappa shape index (κ2) is 15.6. The first-order valence-electron chi connectivity index (χ1n) is 24.5. The predicted molar refractivity (Wildman–Crippen MR) is 311 cm³/mol. The van der Waals surface area contributed by atoms with E-state index in [0.717, 1.165) is 0 Å². The van der Waals surface area contributed by atoms with Crippen LogP contribution in [0.4, 0.5) is 45.5 Å². The van der Waals surface area contributed by atoms with E-state index < -0.39 is 11.1 Å². The van der Waals surface area contributed by atoms with Crippen molar-refractivity contribution in [2.24, 2.45) is 0 Å². The molecule has 0 bridgehead atoms. The number of nitrogens with two attached hydrogens (primary N) is 8. The van der Waals surface area contributed by atoms with Crippen LogP contribution in [0.15, 0.2) is 155 Å². The zero-order valence-corrected chi connectivity index (χ0v) is 40.7. The molecule has 0 radical (unpaired) electrons. The third kappa shape index (κ3) is 5.89. The van der Waals surface area contributed by atoms with Gasteiger partial charge in [0, 0.05) is 53.9 Å². The molecular weight excluding hydrogens is 985 g/mol. The minimum atomic E-state index is -0.406. The first-order chi connectivity index (χ1) is 37.8. The highest BCUT2D eigenvalue weighted by Gasteiger charge is 2.33. The standard InChI is InChI=1S/C60H40N12O6/c61-29-9-5-17-37(53(29)65)75-41-21-25-45-27(59(73)71-35-15-3-1-13-33(35)69-57(25)71)23-43(77-39-19-7-11-31(63)55(39)67)49-50-44(78-40-20-8-12-32(64)56(40)68)24-28-46-26(58-70-34-14-2-4-16-36(34)72(58)60(28)74)22-42(48(52(46)50)47(41)51(45)49)76-38-18-6-10-30(62)54(38)66/h1-24H,61-68H2. The molecule has 18 heteroatoms. The summed E-state index contributed by atoms with van der Waals surface area (Å²) in [4.78, 5) is 41.5. The number of hydrogen-bond donors (Lipinski definition) is 8. The van der Waals surface area contributed by atoms with E-state index in [1.807, 2.05) is 60.7 Å². The molecule has 0 aliphatic carbocycles. The molecule has 18 nitrogen and oxygen atoms in total. The average molecular weight is 1030 g/mol. The van der Waals surface area contributed by atoms with Crippen LogP contribution in [0, 0.1) is 0 Å². The number of para-hydroxylation sites is 8. The van der Waals surface area contributed by atoms with E-state index in [-0.39, 0.29) is 102 Å². The third-order valence-electron chi connectivity index (χ3n) is 14.9. The largest absolute Gasteiger partial charge is 0.454 e. The number of benzene rings is 11. The fourth-order valence-electron chi connectivity index (χ4n) is 11.3. The Morgan fingerprint density at radius 3 is 0.923 bits per heavy atom. The second-order valence-corrected chi connectivity index (χ2v) is 19.3. The monoisotopic (exact) mass is 1020 g/mol. The number of rotatable bonds is 8. The van der Waals surface area contributed by atoms with Crippen molar-refractivity contribution >= 4 is 143 Å². The van der Waals surface area contributed by atoms with Crippen LogP contribution in [0.5, 0.6) is 46.0 Å². The van der Waals surface area contributed by atoms with E-state index >= 15 is 9.59 Å². The first-order valence-corrected chi connectivity index (χ1v) is 24.5. The van der Waals surface area contributed by atoms with Crippen LogP contribution in [0.2, 0.25) is 0 Å². The highest BCUT2D eigenvalue weighted by atomic mass is 16.5. The number of anilines is 8. The summed E-state index contributed by atoms with van der Waals surface area (Å²) in [5.74, 6) is 1.47. The van der Waals surface area contributed by atoms with Gasteiger partial charge >= 0.3 is 0 Å². The molecular formula is C60H40N12O6.